The minimum Gasteiger partial charge on any atom is -0.465 e. The lowest BCUT2D eigenvalue weighted by Crippen LogP contribution is -2.25. The highest BCUT2D eigenvalue weighted by molar-refractivity contribution is 7.81. The second-order valence-corrected chi connectivity index (χ2v) is 6.19. The first-order chi connectivity index (χ1) is 12.1. The van der Waals surface area contributed by atoms with Gasteiger partial charge >= 0.3 is 5.97 Å². The second-order valence-electron chi connectivity index (χ2n) is 5.88. The van der Waals surface area contributed by atoms with E-state index in [0.29, 0.717) is 6.61 Å². The molecule has 0 atom stereocenters. The molecule has 0 unspecified atom stereocenters. The molecule has 0 N–H and O–H groups in total. The fourth-order valence-corrected chi connectivity index (χ4v) is 2.41. The number of hydrogen-bond donors (Lipinski definition) is 1. The van der Waals surface area contributed by atoms with Gasteiger partial charge in [-0.1, -0.05) is 24.3 Å². The van der Waals surface area contributed by atoms with Gasteiger partial charge in [-0.3, -0.25) is 4.79 Å². The maximum Gasteiger partial charge on any atom is 0.315 e. The maximum absolute atomic E-state index is 11.0. The summed E-state index contributed by atoms with van der Waals surface area (Å²) in [6.07, 6.45) is 9.07. The number of aromatic nitrogens is 1. The van der Waals surface area contributed by atoms with Crippen LogP contribution in [0.15, 0.2) is 48.8 Å². The van der Waals surface area contributed by atoms with Gasteiger partial charge in [0.1, 0.15) is 7.05 Å². The van der Waals surface area contributed by atoms with Crippen molar-refractivity contribution in [2.75, 3.05) is 30.9 Å². The SMILES string of the molecule is CN(CCCOC(=O)CS)c1ccc(/C=C/c2cc[n+](C)cc2)cc1. The highest BCUT2D eigenvalue weighted by Crippen LogP contribution is 2.16. The molecule has 0 saturated heterocycles. The molecule has 0 spiro atoms. The number of aryl methyl sites for hydroxylation is 1. The van der Waals surface area contributed by atoms with Crippen molar-refractivity contribution >= 4 is 36.4 Å². The number of nitrogens with zero attached hydrogens (tertiary/aromatic N) is 2. The smallest absolute Gasteiger partial charge is 0.315 e. The molecule has 0 radical (unpaired) electrons. The quantitative estimate of drug-likeness (QED) is 0.341. The Morgan fingerprint density at radius 1 is 1.12 bits per heavy atom. The van der Waals surface area contributed by atoms with E-state index in [1.807, 2.05) is 31.1 Å². The van der Waals surface area contributed by atoms with Crippen molar-refractivity contribution < 1.29 is 14.1 Å². The van der Waals surface area contributed by atoms with Gasteiger partial charge in [-0.25, -0.2) is 4.57 Å². The molecule has 25 heavy (non-hydrogen) atoms. The number of carbonyl (C=O) groups is 1. The third-order valence-electron chi connectivity index (χ3n) is 3.84. The predicted molar refractivity (Wildman–Crippen MR) is 106 cm³/mol. The van der Waals surface area contributed by atoms with Gasteiger partial charge in [0.2, 0.25) is 0 Å². The molecule has 2 aromatic rings. The predicted octanol–water partition coefficient (Wildman–Crippen LogP) is 2.98. The Balaban J connectivity index is 1.84. The summed E-state index contributed by atoms with van der Waals surface area (Å²) in [6, 6.07) is 12.6. The Kier molecular flexibility index (Phi) is 7.54. The first-order valence-electron chi connectivity index (χ1n) is 8.29. The maximum atomic E-state index is 11.0. The molecule has 0 aliphatic carbocycles. The Hall–Kier alpha value is -2.27. The molecule has 0 aliphatic heterocycles. The van der Waals surface area contributed by atoms with Crippen LogP contribution in [-0.2, 0) is 16.6 Å². The van der Waals surface area contributed by atoms with Gasteiger partial charge in [0.15, 0.2) is 12.4 Å². The Bertz CT molecular complexity index is 697. The molecule has 0 aliphatic rings. The van der Waals surface area contributed by atoms with Crippen LogP contribution >= 0.6 is 12.6 Å². The molecule has 1 heterocycles. The number of ether oxygens (including phenoxy) is 1. The Morgan fingerprint density at radius 2 is 1.72 bits per heavy atom. The van der Waals surface area contributed by atoms with Crippen molar-refractivity contribution in [1.82, 2.24) is 0 Å². The van der Waals surface area contributed by atoms with Crippen LogP contribution in [-0.4, -0.2) is 31.9 Å². The van der Waals surface area contributed by atoms with Crippen LogP contribution in [0.4, 0.5) is 5.69 Å². The van der Waals surface area contributed by atoms with Gasteiger partial charge in [-0.2, -0.15) is 12.6 Å². The van der Waals surface area contributed by atoms with E-state index in [1.54, 1.807) is 0 Å². The molecule has 2 rings (SSSR count). The van der Waals surface area contributed by atoms with E-state index in [-0.39, 0.29) is 11.7 Å². The van der Waals surface area contributed by atoms with Crippen LogP contribution in [0.5, 0.6) is 0 Å². The summed E-state index contributed by atoms with van der Waals surface area (Å²) in [5, 5.41) is 0. The molecular formula is C20H25N2O2S+. The summed E-state index contributed by atoms with van der Waals surface area (Å²) in [5.74, 6) is -0.138. The number of hydrogen-bond acceptors (Lipinski definition) is 4. The van der Waals surface area contributed by atoms with E-state index >= 15 is 0 Å². The number of esters is 1. The van der Waals surface area contributed by atoms with Crippen LogP contribution in [0, 0.1) is 0 Å². The lowest BCUT2D eigenvalue weighted by molar-refractivity contribution is -0.671. The van der Waals surface area contributed by atoms with Gasteiger partial charge in [0, 0.05) is 31.4 Å². The number of benzene rings is 1. The van der Waals surface area contributed by atoms with Crippen molar-refractivity contribution in [3.63, 3.8) is 0 Å². The summed E-state index contributed by atoms with van der Waals surface area (Å²) in [7, 11) is 4.04. The molecule has 1 aromatic heterocycles. The van der Waals surface area contributed by atoms with E-state index < -0.39 is 0 Å². The molecule has 0 fully saturated rings. The number of pyridine rings is 1. The zero-order valence-corrected chi connectivity index (χ0v) is 15.7. The molecule has 0 saturated carbocycles. The van der Waals surface area contributed by atoms with E-state index in [2.05, 4.69) is 66.1 Å². The van der Waals surface area contributed by atoms with Crippen LogP contribution in [0.3, 0.4) is 0 Å². The van der Waals surface area contributed by atoms with Crippen LogP contribution in [0.2, 0.25) is 0 Å². The van der Waals surface area contributed by atoms with Gasteiger partial charge in [-0.05, 0) is 29.7 Å². The molecule has 0 bridgehead atoms. The van der Waals surface area contributed by atoms with Gasteiger partial charge in [0.25, 0.3) is 0 Å². The number of rotatable bonds is 8. The minimum atomic E-state index is -0.269. The zero-order valence-electron chi connectivity index (χ0n) is 14.8. The van der Waals surface area contributed by atoms with Gasteiger partial charge < -0.3 is 9.64 Å². The number of carbonyl (C=O) groups excluding carboxylic acids is 1. The van der Waals surface area contributed by atoms with Crippen molar-refractivity contribution in [2.24, 2.45) is 7.05 Å². The second kappa shape index (κ2) is 9.89. The van der Waals surface area contributed by atoms with E-state index in [0.717, 1.165) is 24.2 Å². The summed E-state index contributed by atoms with van der Waals surface area (Å²) < 4.78 is 7.04. The third-order valence-corrected chi connectivity index (χ3v) is 4.09. The summed E-state index contributed by atoms with van der Waals surface area (Å²) >= 11 is 3.88. The first kappa shape index (κ1) is 19.1. The van der Waals surface area contributed by atoms with Crippen LogP contribution < -0.4 is 9.47 Å². The lowest BCUT2D eigenvalue weighted by Gasteiger charge is -2.19. The number of anilines is 1. The monoisotopic (exact) mass is 357 g/mol. The lowest BCUT2D eigenvalue weighted by atomic mass is 10.1. The van der Waals surface area contributed by atoms with Crippen molar-refractivity contribution in [3.8, 4) is 0 Å². The van der Waals surface area contributed by atoms with E-state index in [1.165, 1.54) is 5.56 Å². The molecule has 5 heteroatoms. The van der Waals surface area contributed by atoms with Crippen molar-refractivity contribution in [3.05, 3.63) is 59.9 Å². The van der Waals surface area contributed by atoms with Crippen molar-refractivity contribution in [1.29, 1.82) is 0 Å². The van der Waals surface area contributed by atoms with E-state index in [4.69, 9.17) is 4.74 Å². The summed E-state index contributed by atoms with van der Waals surface area (Å²) in [4.78, 5) is 13.2. The van der Waals surface area contributed by atoms with Gasteiger partial charge in [-0.15, -0.1) is 0 Å². The summed E-state index contributed by atoms with van der Waals surface area (Å²) in [6.45, 7) is 1.26. The van der Waals surface area contributed by atoms with Crippen molar-refractivity contribution in [2.45, 2.75) is 6.42 Å². The molecule has 1 aromatic carbocycles. The van der Waals surface area contributed by atoms with Crippen LogP contribution in [0.1, 0.15) is 17.5 Å². The first-order valence-corrected chi connectivity index (χ1v) is 8.93. The minimum absolute atomic E-state index is 0.131. The average molecular weight is 357 g/mol. The van der Waals surface area contributed by atoms with E-state index in [9.17, 15) is 4.79 Å². The third kappa shape index (κ3) is 6.63. The summed E-state index contributed by atoms with van der Waals surface area (Å²) in [5.41, 5.74) is 3.48. The zero-order chi connectivity index (χ0) is 18.1. The highest BCUT2D eigenvalue weighted by atomic mass is 32.1. The molecule has 132 valence electrons. The van der Waals surface area contributed by atoms with Gasteiger partial charge in [0.05, 0.1) is 12.4 Å². The highest BCUT2D eigenvalue weighted by Gasteiger charge is 2.02. The average Bonchev–Trinajstić information content (AvgIpc) is 2.64. The standard InChI is InChI=1S/C20H24N2O2S/c1-21-13-10-18(11-14-21)5-4-17-6-8-19(9-7-17)22(2)12-3-15-24-20(23)16-25/h4-11,13-14H,3,12,15-16H2,1-2H3/p+1. The molecule has 0 amide bonds. The number of thiol groups is 1. The fraction of sp³-hybridized carbons (Fsp3) is 0.300. The Labute approximate surface area is 155 Å². The topological polar surface area (TPSA) is 33.4 Å². The molecular weight excluding hydrogens is 332 g/mol. The Morgan fingerprint density at radius 3 is 2.32 bits per heavy atom. The largest absolute Gasteiger partial charge is 0.465 e. The molecule has 4 nitrogen and oxygen atoms in total. The fourth-order valence-electron chi connectivity index (χ4n) is 2.32. The van der Waals surface area contributed by atoms with Crippen LogP contribution in [0.25, 0.3) is 12.2 Å². The normalized spacial score (nSPS) is 10.8.